The Morgan fingerprint density at radius 1 is 1.07 bits per heavy atom. The summed E-state index contributed by atoms with van der Waals surface area (Å²) >= 11 is 5.79. The van der Waals surface area contributed by atoms with Crippen LogP contribution < -0.4 is 5.73 Å². The molecule has 15 heavy (non-hydrogen) atoms. The van der Waals surface area contributed by atoms with Crippen molar-refractivity contribution in [3.05, 3.63) is 28.3 Å². The highest BCUT2D eigenvalue weighted by Crippen LogP contribution is 2.19. The van der Waals surface area contributed by atoms with Crippen molar-refractivity contribution in [2.75, 3.05) is 0 Å². The summed E-state index contributed by atoms with van der Waals surface area (Å²) in [6.07, 6.45) is 0. The Morgan fingerprint density at radius 3 is 1.60 bits per heavy atom. The molecule has 7 heteroatoms. The monoisotopic (exact) mass is 243 g/mol. The van der Waals surface area contributed by atoms with Crippen LogP contribution in [0.5, 0.6) is 0 Å². The van der Waals surface area contributed by atoms with Crippen molar-refractivity contribution in [2.45, 2.75) is 13.8 Å². The molecule has 1 rings (SSSR count). The maximum atomic E-state index is 9.75. The van der Waals surface area contributed by atoms with Crippen molar-refractivity contribution in [3.63, 3.8) is 0 Å². The van der Waals surface area contributed by atoms with Crippen LogP contribution in [0.1, 0.15) is 11.1 Å². The van der Waals surface area contributed by atoms with Crippen molar-refractivity contribution in [1.29, 1.82) is 0 Å². The topological polar surface area (TPSA) is 27.6 Å². The van der Waals surface area contributed by atoms with Crippen LogP contribution in [0, 0.1) is 13.8 Å². The first-order valence-electron chi connectivity index (χ1n) is 4.07. The molecule has 0 fully saturated rings. The molecule has 0 spiro atoms. The molecular formula is C8H11BClF4N. The first-order valence-corrected chi connectivity index (χ1v) is 4.45. The van der Waals surface area contributed by atoms with Crippen molar-refractivity contribution in [2.24, 2.45) is 0 Å². The van der Waals surface area contributed by atoms with Crippen molar-refractivity contribution >= 4 is 24.5 Å². The summed E-state index contributed by atoms with van der Waals surface area (Å²) in [4.78, 5) is 0. The standard InChI is InChI=1S/C8H10ClN.BF4/c1-5-3-7(9)4-6(2)8(5)10;2-1(3,4)5/h3-4H,10H2,1-2H3;/q;-1/p+1. The molecule has 0 aromatic heterocycles. The summed E-state index contributed by atoms with van der Waals surface area (Å²) in [5.41, 5.74) is 7.30. The lowest BCUT2D eigenvalue weighted by molar-refractivity contribution is -0.256. The van der Waals surface area contributed by atoms with Gasteiger partial charge in [-0.2, -0.15) is 0 Å². The molecule has 0 bridgehead atoms. The first-order chi connectivity index (χ1) is 6.61. The van der Waals surface area contributed by atoms with Gasteiger partial charge in [0.2, 0.25) is 0 Å². The van der Waals surface area contributed by atoms with Crippen LogP contribution in [0.3, 0.4) is 0 Å². The Balaban J connectivity index is 0.000000336. The zero-order valence-electron chi connectivity index (χ0n) is 8.33. The van der Waals surface area contributed by atoms with Crippen LogP contribution in [0.4, 0.5) is 23.0 Å². The fourth-order valence-electron chi connectivity index (χ4n) is 0.941. The second-order valence-electron chi connectivity index (χ2n) is 3.01. The summed E-state index contributed by atoms with van der Waals surface area (Å²) in [5.74, 6) is 0. The van der Waals surface area contributed by atoms with Gasteiger partial charge in [0, 0.05) is 16.1 Å². The Kier molecular flexibility index (Phi) is 5.10. The maximum Gasteiger partial charge on any atom is 0.673 e. The number of halogens is 5. The van der Waals surface area contributed by atoms with E-state index in [0.29, 0.717) is 0 Å². The van der Waals surface area contributed by atoms with Gasteiger partial charge in [-0.15, -0.1) is 0 Å². The molecule has 0 heterocycles. The normalized spacial score (nSPS) is 10.7. The third kappa shape index (κ3) is 7.22. The van der Waals surface area contributed by atoms with Crippen LogP contribution in [0.15, 0.2) is 12.1 Å². The van der Waals surface area contributed by atoms with E-state index >= 15 is 0 Å². The highest BCUT2D eigenvalue weighted by molar-refractivity contribution is 6.50. The summed E-state index contributed by atoms with van der Waals surface area (Å²) < 4.78 is 39.0. The van der Waals surface area contributed by atoms with E-state index in [1.54, 1.807) is 0 Å². The van der Waals surface area contributed by atoms with Crippen LogP contribution in [0.25, 0.3) is 0 Å². The van der Waals surface area contributed by atoms with Gasteiger partial charge < -0.3 is 23.0 Å². The largest absolute Gasteiger partial charge is 0.673 e. The first kappa shape index (κ1) is 14.3. The number of aryl methyl sites for hydroxylation is 2. The fraction of sp³-hybridized carbons (Fsp3) is 0.250. The SMILES string of the molecule is Cc1cc(Cl)cc(C)c1[NH3+].F[B-](F)(F)F. The molecule has 3 N–H and O–H groups in total. The van der Waals surface area contributed by atoms with E-state index in [4.69, 9.17) is 11.6 Å². The van der Waals surface area contributed by atoms with Crippen LogP contribution in [0.2, 0.25) is 5.02 Å². The smallest absolute Gasteiger partial charge is 0.418 e. The Labute approximate surface area is 90.3 Å². The highest BCUT2D eigenvalue weighted by Gasteiger charge is 2.20. The van der Waals surface area contributed by atoms with Gasteiger partial charge in [0.1, 0.15) is 5.69 Å². The number of hydrogen-bond acceptors (Lipinski definition) is 0. The molecule has 0 aliphatic heterocycles. The Bertz CT molecular complexity index is 311. The summed E-state index contributed by atoms with van der Waals surface area (Å²) in [5, 5.41) is 0.794. The van der Waals surface area contributed by atoms with Crippen LogP contribution >= 0.6 is 11.6 Å². The minimum atomic E-state index is -6.00. The van der Waals surface area contributed by atoms with E-state index in [9.17, 15) is 17.3 Å². The van der Waals surface area contributed by atoms with E-state index in [1.807, 2.05) is 26.0 Å². The lowest BCUT2D eigenvalue weighted by Gasteiger charge is -1.99. The molecule has 0 saturated carbocycles. The Hall–Kier alpha value is -0.745. The summed E-state index contributed by atoms with van der Waals surface area (Å²) in [6, 6.07) is 3.85. The molecule has 86 valence electrons. The molecule has 1 aromatic rings. The van der Waals surface area contributed by atoms with Gasteiger partial charge in [-0.3, -0.25) is 0 Å². The van der Waals surface area contributed by atoms with Crippen LogP contribution in [-0.4, -0.2) is 7.25 Å². The predicted molar refractivity (Wildman–Crippen MR) is 53.7 cm³/mol. The average molecular weight is 243 g/mol. The molecule has 0 saturated heterocycles. The average Bonchev–Trinajstić information content (AvgIpc) is 1.96. The van der Waals surface area contributed by atoms with E-state index in [-0.39, 0.29) is 0 Å². The van der Waals surface area contributed by atoms with E-state index in [2.05, 4.69) is 5.73 Å². The van der Waals surface area contributed by atoms with Gasteiger partial charge in [-0.1, -0.05) is 11.6 Å². The van der Waals surface area contributed by atoms with Crippen LogP contribution in [-0.2, 0) is 0 Å². The lowest BCUT2D eigenvalue weighted by atomic mass is 10.1. The van der Waals surface area contributed by atoms with Gasteiger partial charge in [0.25, 0.3) is 0 Å². The minimum absolute atomic E-state index is 0.794. The molecular weight excluding hydrogens is 232 g/mol. The zero-order chi connectivity index (χ0) is 12.2. The van der Waals surface area contributed by atoms with Gasteiger partial charge in [-0.05, 0) is 26.0 Å². The quantitative estimate of drug-likeness (QED) is 0.535. The van der Waals surface area contributed by atoms with Gasteiger partial charge >= 0.3 is 7.25 Å². The predicted octanol–water partition coefficient (Wildman–Crippen LogP) is 3.13. The number of benzene rings is 1. The number of hydrogen-bond donors (Lipinski definition) is 1. The third-order valence-corrected chi connectivity index (χ3v) is 1.88. The lowest BCUT2D eigenvalue weighted by Crippen LogP contribution is -2.42. The minimum Gasteiger partial charge on any atom is -0.418 e. The molecule has 0 aliphatic carbocycles. The van der Waals surface area contributed by atoms with E-state index in [0.717, 1.165) is 21.8 Å². The van der Waals surface area contributed by atoms with E-state index in [1.165, 1.54) is 0 Å². The number of quaternary nitrogens is 1. The van der Waals surface area contributed by atoms with Crippen molar-refractivity contribution in [1.82, 2.24) is 0 Å². The van der Waals surface area contributed by atoms with E-state index < -0.39 is 7.25 Å². The fourth-order valence-corrected chi connectivity index (χ4v) is 1.27. The third-order valence-electron chi connectivity index (χ3n) is 1.66. The maximum absolute atomic E-state index is 9.75. The molecule has 0 amide bonds. The molecule has 0 radical (unpaired) electrons. The molecule has 0 atom stereocenters. The second kappa shape index (κ2) is 5.37. The second-order valence-corrected chi connectivity index (χ2v) is 3.45. The highest BCUT2D eigenvalue weighted by atomic mass is 35.5. The molecule has 1 nitrogen and oxygen atoms in total. The van der Waals surface area contributed by atoms with Gasteiger partial charge in [-0.25, -0.2) is 0 Å². The molecule has 1 aromatic carbocycles. The van der Waals surface area contributed by atoms with Crippen molar-refractivity contribution < 1.29 is 23.0 Å². The van der Waals surface area contributed by atoms with Gasteiger partial charge in [0.05, 0.1) is 0 Å². The Morgan fingerprint density at radius 2 is 1.33 bits per heavy atom. The summed E-state index contributed by atoms with van der Waals surface area (Å²) in [7, 11) is -6.00. The van der Waals surface area contributed by atoms with Gasteiger partial charge in [0.15, 0.2) is 0 Å². The summed E-state index contributed by atoms with van der Waals surface area (Å²) in [6.45, 7) is 4.03. The zero-order valence-corrected chi connectivity index (χ0v) is 9.08. The number of rotatable bonds is 0. The molecule has 0 aliphatic rings. The molecule has 0 unspecified atom stereocenters. The van der Waals surface area contributed by atoms with Crippen molar-refractivity contribution in [3.8, 4) is 0 Å².